The van der Waals surface area contributed by atoms with E-state index in [1.807, 2.05) is 10.8 Å². The van der Waals surface area contributed by atoms with E-state index >= 15 is 0 Å². The van der Waals surface area contributed by atoms with Gasteiger partial charge in [-0.05, 0) is 42.5 Å². The van der Waals surface area contributed by atoms with Gasteiger partial charge in [0.2, 0.25) is 5.91 Å². The molecule has 9 heteroatoms. The van der Waals surface area contributed by atoms with E-state index in [9.17, 15) is 14.4 Å². The highest BCUT2D eigenvalue weighted by atomic mass is 32.2. The number of aryl methyl sites for hydroxylation is 1. The summed E-state index contributed by atoms with van der Waals surface area (Å²) in [5.41, 5.74) is 0. The van der Waals surface area contributed by atoms with Gasteiger partial charge in [-0.15, -0.1) is 0 Å². The molecule has 0 spiro atoms. The quantitative estimate of drug-likeness (QED) is 0.513. The lowest BCUT2D eigenvalue weighted by atomic mass is 10.3. The van der Waals surface area contributed by atoms with E-state index in [1.54, 1.807) is 49.1 Å². The first-order chi connectivity index (χ1) is 13.6. The Kier molecular flexibility index (Phi) is 6.85. The van der Waals surface area contributed by atoms with Gasteiger partial charge in [-0.2, -0.15) is 0 Å². The van der Waals surface area contributed by atoms with Crippen molar-refractivity contribution in [3.63, 3.8) is 0 Å². The Labute approximate surface area is 166 Å². The minimum Gasteiger partial charge on any atom is -0.465 e. The van der Waals surface area contributed by atoms with Gasteiger partial charge in [0.25, 0.3) is 11.1 Å². The standard InChI is InChI=1S/C19H20N4O4S/c24-17(21-8-3-10-22-12-9-20-14-22)7-11-23-18(25)16(28-19(23)26)6-1-4-15-5-2-13-27-15/h1-2,4-6,9,12-14H,3,7-8,10-11H2,(H,21,24). The zero-order valence-electron chi connectivity index (χ0n) is 15.1. The summed E-state index contributed by atoms with van der Waals surface area (Å²) in [6.45, 7) is 1.35. The van der Waals surface area contributed by atoms with Crippen molar-refractivity contribution in [1.29, 1.82) is 0 Å². The lowest BCUT2D eigenvalue weighted by molar-refractivity contribution is -0.124. The number of aromatic nitrogens is 2. The molecule has 3 rings (SSSR count). The number of hydrogen-bond acceptors (Lipinski definition) is 6. The molecule has 0 radical (unpaired) electrons. The van der Waals surface area contributed by atoms with Crippen molar-refractivity contribution in [2.24, 2.45) is 0 Å². The van der Waals surface area contributed by atoms with Gasteiger partial charge in [0.05, 0.1) is 17.5 Å². The Hall–Kier alpha value is -3.07. The predicted octanol–water partition coefficient (Wildman–Crippen LogP) is 2.67. The lowest BCUT2D eigenvalue weighted by Crippen LogP contribution is -2.34. The number of furan rings is 1. The highest BCUT2D eigenvalue weighted by molar-refractivity contribution is 8.18. The van der Waals surface area contributed by atoms with Crippen LogP contribution in [0, 0.1) is 0 Å². The summed E-state index contributed by atoms with van der Waals surface area (Å²) in [6.07, 6.45) is 12.6. The maximum Gasteiger partial charge on any atom is 0.293 e. The third kappa shape index (κ3) is 5.46. The molecule has 1 fully saturated rings. The second kappa shape index (κ2) is 9.75. The van der Waals surface area contributed by atoms with E-state index in [-0.39, 0.29) is 30.0 Å². The maximum atomic E-state index is 12.3. The SMILES string of the molecule is O=C(CCN1C(=O)SC(=CC=Cc2ccco2)C1=O)NCCCn1ccnc1. The van der Waals surface area contributed by atoms with Crippen molar-refractivity contribution < 1.29 is 18.8 Å². The van der Waals surface area contributed by atoms with Crippen LogP contribution in [0.5, 0.6) is 0 Å². The van der Waals surface area contributed by atoms with Crippen molar-refractivity contribution >= 4 is 34.9 Å². The Bertz CT molecular complexity index is 872. The highest BCUT2D eigenvalue weighted by Crippen LogP contribution is 2.30. The van der Waals surface area contributed by atoms with E-state index in [0.29, 0.717) is 17.2 Å². The van der Waals surface area contributed by atoms with Crippen LogP contribution >= 0.6 is 11.8 Å². The van der Waals surface area contributed by atoms with E-state index < -0.39 is 0 Å². The summed E-state index contributed by atoms with van der Waals surface area (Å²) in [4.78, 5) is 41.7. The molecule has 3 amide bonds. The normalized spacial score (nSPS) is 15.9. The Balaban J connectivity index is 1.40. The van der Waals surface area contributed by atoms with Gasteiger partial charge in [0.15, 0.2) is 0 Å². The zero-order chi connectivity index (χ0) is 19.8. The van der Waals surface area contributed by atoms with Gasteiger partial charge in [-0.25, -0.2) is 4.98 Å². The molecule has 0 unspecified atom stereocenters. The van der Waals surface area contributed by atoms with Crippen LogP contribution in [-0.2, 0) is 16.1 Å². The third-order valence-corrected chi connectivity index (χ3v) is 4.89. The molecule has 28 heavy (non-hydrogen) atoms. The number of amides is 3. The lowest BCUT2D eigenvalue weighted by Gasteiger charge is -2.12. The fourth-order valence-electron chi connectivity index (χ4n) is 2.53. The minimum absolute atomic E-state index is 0.0667. The fourth-order valence-corrected chi connectivity index (χ4v) is 3.35. The van der Waals surface area contributed by atoms with Crippen LogP contribution in [-0.4, -0.2) is 44.6 Å². The summed E-state index contributed by atoms with van der Waals surface area (Å²) in [5.74, 6) is 0.0820. The highest BCUT2D eigenvalue weighted by Gasteiger charge is 2.34. The molecule has 1 aliphatic heterocycles. The van der Waals surface area contributed by atoms with Gasteiger partial charge in [0.1, 0.15) is 5.76 Å². The van der Waals surface area contributed by atoms with Crippen LogP contribution in [0.15, 0.2) is 58.6 Å². The number of imidazole rings is 1. The Morgan fingerprint density at radius 2 is 2.21 bits per heavy atom. The number of nitrogens with zero attached hydrogens (tertiary/aromatic N) is 3. The summed E-state index contributed by atoms with van der Waals surface area (Å²) in [5, 5.41) is 2.43. The van der Waals surface area contributed by atoms with Crippen molar-refractivity contribution in [3.05, 3.63) is 59.9 Å². The topological polar surface area (TPSA) is 97.4 Å². The maximum absolute atomic E-state index is 12.3. The van der Waals surface area contributed by atoms with Crippen molar-refractivity contribution in [1.82, 2.24) is 19.8 Å². The van der Waals surface area contributed by atoms with Gasteiger partial charge in [-0.1, -0.05) is 6.08 Å². The van der Waals surface area contributed by atoms with Crippen LogP contribution in [0.4, 0.5) is 4.79 Å². The average molecular weight is 400 g/mol. The van der Waals surface area contributed by atoms with E-state index in [1.165, 1.54) is 0 Å². The van der Waals surface area contributed by atoms with Crippen molar-refractivity contribution in [2.45, 2.75) is 19.4 Å². The molecule has 0 bridgehead atoms. The van der Waals surface area contributed by atoms with E-state index in [0.717, 1.165) is 29.6 Å². The number of carbonyl (C=O) groups excluding carboxylic acids is 3. The molecule has 2 aromatic heterocycles. The Morgan fingerprint density at radius 1 is 1.32 bits per heavy atom. The van der Waals surface area contributed by atoms with Crippen LogP contribution in [0.25, 0.3) is 6.08 Å². The zero-order valence-corrected chi connectivity index (χ0v) is 15.9. The predicted molar refractivity (Wildman–Crippen MR) is 105 cm³/mol. The number of thioether (sulfide) groups is 1. The van der Waals surface area contributed by atoms with Gasteiger partial charge >= 0.3 is 0 Å². The number of nitrogens with one attached hydrogen (secondary N) is 1. The molecule has 0 aromatic carbocycles. The monoisotopic (exact) mass is 400 g/mol. The van der Waals surface area contributed by atoms with E-state index in [4.69, 9.17) is 4.42 Å². The molecule has 1 aliphatic rings. The van der Waals surface area contributed by atoms with Crippen LogP contribution in [0.3, 0.4) is 0 Å². The van der Waals surface area contributed by atoms with Gasteiger partial charge < -0.3 is 14.3 Å². The van der Waals surface area contributed by atoms with Crippen LogP contribution in [0.1, 0.15) is 18.6 Å². The number of hydrogen-bond donors (Lipinski definition) is 1. The molecule has 0 saturated carbocycles. The first-order valence-corrected chi connectivity index (χ1v) is 9.63. The second-order valence-electron chi connectivity index (χ2n) is 5.98. The number of carbonyl (C=O) groups is 3. The average Bonchev–Trinajstić information content (AvgIpc) is 3.42. The molecule has 0 atom stereocenters. The molecule has 1 N–H and O–H groups in total. The van der Waals surface area contributed by atoms with Gasteiger partial charge in [-0.3, -0.25) is 19.3 Å². The van der Waals surface area contributed by atoms with E-state index in [2.05, 4.69) is 10.3 Å². The number of rotatable bonds is 9. The molecule has 2 aromatic rings. The van der Waals surface area contributed by atoms with Gasteiger partial charge in [0, 0.05) is 38.4 Å². The van der Waals surface area contributed by atoms with Crippen molar-refractivity contribution in [2.75, 3.05) is 13.1 Å². The van der Waals surface area contributed by atoms with Crippen LogP contribution < -0.4 is 5.32 Å². The molecular weight excluding hydrogens is 380 g/mol. The van der Waals surface area contributed by atoms with Crippen LogP contribution in [0.2, 0.25) is 0 Å². The fraction of sp³-hybridized carbons (Fsp3) is 0.263. The number of imide groups is 1. The van der Waals surface area contributed by atoms with Crippen molar-refractivity contribution in [3.8, 4) is 0 Å². The first-order valence-electron chi connectivity index (χ1n) is 8.81. The molecular formula is C19H20N4O4S. The summed E-state index contributed by atoms with van der Waals surface area (Å²) < 4.78 is 7.09. The molecule has 1 saturated heterocycles. The summed E-state index contributed by atoms with van der Waals surface area (Å²) in [6, 6.07) is 3.54. The second-order valence-corrected chi connectivity index (χ2v) is 6.98. The first kappa shape index (κ1) is 19.7. The largest absolute Gasteiger partial charge is 0.465 e. The summed E-state index contributed by atoms with van der Waals surface area (Å²) >= 11 is 0.867. The smallest absolute Gasteiger partial charge is 0.293 e. The minimum atomic E-state index is -0.382. The summed E-state index contributed by atoms with van der Waals surface area (Å²) in [7, 11) is 0. The molecule has 8 nitrogen and oxygen atoms in total. The third-order valence-electron chi connectivity index (χ3n) is 3.96. The molecule has 3 heterocycles. The molecule has 146 valence electrons. The number of allylic oxidation sites excluding steroid dienone is 2. The molecule has 0 aliphatic carbocycles. The Morgan fingerprint density at radius 3 is 2.96 bits per heavy atom.